The van der Waals surface area contributed by atoms with Crippen LogP contribution >= 0.6 is 0 Å². The van der Waals surface area contributed by atoms with Gasteiger partial charge < -0.3 is 0 Å². The maximum absolute atomic E-state index is 2.16. The van der Waals surface area contributed by atoms with E-state index in [4.69, 9.17) is 0 Å². The predicted octanol–water partition coefficient (Wildman–Crippen LogP) is 3.28. The van der Waals surface area contributed by atoms with Crippen LogP contribution in [-0.4, -0.2) is 0 Å². The van der Waals surface area contributed by atoms with Gasteiger partial charge in [0.15, 0.2) is 0 Å². The van der Waals surface area contributed by atoms with Crippen LogP contribution in [0.2, 0.25) is 0 Å². The van der Waals surface area contributed by atoms with E-state index in [0.29, 0.717) is 0 Å². The highest BCUT2D eigenvalue weighted by molar-refractivity contribution is 5.13. The lowest BCUT2D eigenvalue weighted by Crippen LogP contribution is -1.73. The van der Waals surface area contributed by atoms with Crippen LogP contribution in [0.5, 0.6) is 0 Å². The Kier molecular flexibility index (Phi) is 5.85. The van der Waals surface area contributed by atoms with Crippen molar-refractivity contribution in [1.82, 2.24) is 0 Å². The van der Waals surface area contributed by atoms with Crippen LogP contribution < -0.4 is 0 Å². The zero-order valence-electron chi connectivity index (χ0n) is 7.09. The summed E-state index contributed by atoms with van der Waals surface area (Å²) in [5, 5.41) is 0. The van der Waals surface area contributed by atoms with E-state index in [2.05, 4.69) is 31.2 Å². The van der Waals surface area contributed by atoms with Crippen molar-refractivity contribution in [2.75, 3.05) is 0 Å². The fourth-order valence-electron chi connectivity index (χ4n) is 0.714. The van der Waals surface area contributed by atoms with Crippen molar-refractivity contribution in [3.63, 3.8) is 0 Å². The first kappa shape index (κ1) is 9.22. The Hall–Kier alpha value is -0.780. The van der Waals surface area contributed by atoms with Crippen LogP contribution in [-0.2, 0) is 6.42 Å². The van der Waals surface area contributed by atoms with Gasteiger partial charge in [-0.25, -0.2) is 0 Å². The Labute approximate surface area is 63.9 Å². The zero-order chi connectivity index (χ0) is 7.82. The second kappa shape index (κ2) is 6.34. The molecule has 0 radical (unpaired) electrons. The lowest BCUT2D eigenvalue weighted by Gasteiger charge is -1.89. The van der Waals surface area contributed by atoms with Gasteiger partial charge in [0.2, 0.25) is 0 Å². The van der Waals surface area contributed by atoms with Gasteiger partial charge >= 0.3 is 0 Å². The highest BCUT2D eigenvalue weighted by Gasteiger charge is 1.79. The monoisotopic (exact) mass is 136 g/mol. The molecule has 0 bridgehead atoms. The van der Waals surface area contributed by atoms with Gasteiger partial charge in [-0.3, -0.25) is 0 Å². The summed E-state index contributed by atoms with van der Waals surface area (Å²) in [6.45, 7) is 6.16. The average molecular weight is 136 g/mol. The maximum atomic E-state index is 2.16. The standard InChI is InChI=1S/C8H10.C2H6/c1-2-8-6-4-3-5-7-8;1-2/h3-7H,2H2,1H3;1-2H3. The molecule has 0 unspecified atom stereocenters. The van der Waals surface area contributed by atoms with Gasteiger partial charge in [0.05, 0.1) is 0 Å². The Morgan fingerprint density at radius 2 is 1.50 bits per heavy atom. The number of benzene rings is 1. The van der Waals surface area contributed by atoms with Crippen molar-refractivity contribution in [2.45, 2.75) is 27.2 Å². The summed E-state index contributed by atoms with van der Waals surface area (Å²) >= 11 is 0. The molecule has 1 aromatic carbocycles. The van der Waals surface area contributed by atoms with Crippen LogP contribution in [0.3, 0.4) is 0 Å². The highest BCUT2D eigenvalue weighted by atomic mass is 13.9. The highest BCUT2D eigenvalue weighted by Crippen LogP contribution is 1.96. The fraction of sp³-hybridized carbons (Fsp3) is 0.400. The number of hydrogen-bond donors (Lipinski definition) is 0. The summed E-state index contributed by atoms with van der Waals surface area (Å²) < 4.78 is 0. The smallest absolute Gasteiger partial charge is 0.0307 e. The molecule has 0 heteroatoms. The Bertz CT molecular complexity index is 141. The molecule has 0 aliphatic heterocycles. The molecule has 0 heterocycles. The fourth-order valence-corrected chi connectivity index (χ4v) is 0.714. The minimum atomic E-state index is 1.14. The summed E-state index contributed by atoms with van der Waals surface area (Å²) in [6.07, 6.45) is 1.14. The van der Waals surface area contributed by atoms with Gasteiger partial charge in [-0.05, 0) is 12.0 Å². The van der Waals surface area contributed by atoms with Crippen molar-refractivity contribution >= 4 is 0 Å². The van der Waals surface area contributed by atoms with Crippen molar-refractivity contribution in [3.8, 4) is 0 Å². The van der Waals surface area contributed by atoms with Crippen molar-refractivity contribution in [1.29, 1.82) is 0 Å². The molecule has 56 valence electrons. The molecule has 0 atom stereocenters. The Balaban J connectivity index is 0.000000371. The molecular formula is C10H16. The molecule has 1 rings (SSSR count). The average Bonchev–Trinajstić information content (AvgIpc) is 2.10. The zero-order valence-corrected chi connectivity index (χ0v) is 7.09. The third-order valence-corrected chi connectivity index (χ3v) is 1.25. The van der Waals surface area contributed by atoms with Crippen molar-refractivity contribution in [3.05, 3.63) is 35.9 Å². The summed E-state index contributed by atoms with van der Waals surface area (Å²) in [7, 11) is 0. The molecule has 0 aliphatic rings. The first-order valence-corrected chi connectivity index (χ1v) is 3.97. The molecule has 0 nitrogen and oxygen atoms in total. The van der Waals surface area contributed by atoms with Gasteiger partial charge in [-0.2, -0.15) is 0 Å². The minimum Gasteiger partial charge on any atom is -0.0683 e. The van der Waals surface area contributed by atoms with E-state index in [-0.39, 0.29) is 0 Å². The van der Waals surface area contributed by atoms with E-state index in [0.717, 1.165) is 6.42 Å². The lowest BCUT2D eigenvalue weighted by molar-refractivity contribution is 1.14. The van der Waals surface area contributed by atoms with E-state index >= 15 is 0 Å². The van der Waals surface area contributed by atoms with Crippen LogP contribution in [0.1, 0.15) is 26.3 Å². The summed E-state index contributed by atoms with van der Waals surface area (Å²) in [5.74, 6) is 0. The summed E-state index contributed by atoms with van der Waals surface area (Å²) in [5.41, 5.74) is 1.41. The Morgan fingerprint density at radius 1 is 1.00 bits per heavy atom. The van der Waals surface area contributed by atoms with E-state index in [1.54, 1.807) is 0 Å². The van der Waals surface area contributed by atoms with E-state index in [9.17, 15) is 0 Å². The third-order valence-electron chi connectivity index (χ3n) is 1.25. The van der Waals surface area contributed by atoms with Gasteiger partial charge in [-0.1, -0.05) is 51.1 Å². The molecule has 1 aromatic rings. The van der Waals surface area contributed by atoms with Crippen LogP contribution in [0, 0.1) is 0 Å². The number of aryl methyl sites for hydroxylation is 1. The largest absolute Gasteiger partial charge is 0.0683 e. The molecule has 0 saturated heterocycles. The normalized spacial score (nSPS) is 7.90. The van der Waals surface area contributed by atoms with Crippen molar-refractivity contribution < 1.29 is 0 Å². The van der Waals surface area contributed by atoms with Gasteiger partial charge in [0.25, 0.3) is 0 Å². The number of hydrogen-bond acceptors (Lipinski definition) is 0. The maximum Gasteiger partial charge on any atom is -0.0307 e. The molecule has 0 amide bonds. The Morgan fingerprint density at radius 3 is 1.80 bits per heavy atom. The molecule has 0 aliphatic carbocycles. The van der Waals surface area contributed by atoms with Gasteiger partial charge in [0.1, 0.15) is 0 Å². The van der Waals surface area contributed by atoms with Crippen LogP contribution in [0.25, 0.3) is 0 Å². The molecular weight excluding hydrogens is 120 g/mol. The molecule has 10 heavy (non-hydrogen) atoms. The minimum absolute atomic E-state index is 1.14. The predicted molar refractivity (Wildman–Crippen MR) is 47.2 cm³/mol. The van der Waals surface area contributed by atoms with Crippen molar-refractivity contribution in [2.24, 2.45) is 0 Å². The molecule has 0 N–H and O–H groups in total. The molecule has 0 spiro atoms. The first-order valence-electron chi connectivity index (χ1n) is 3.97. The number of rotatable bonds is 1. The van der Waals surface area contributed by atoms with Crippen LogP contribution in [0.4, 0.5) is 0 Å². The topological polar surface area (TPSA) is 0 Å². The molecule has 0 aromatic heterocycles. The van der Waals surface area contributed by atoms with Crippen LogP contribution in [0.15, 0.2) is 30.3 Å². The van der Waals surface area contributed by atoms with E-state index in [1.807, 2.05) is 19.9 Å². The van der Waals surface area contributed by atoms with E-state index < -0.39 is 0 Å². The first-order chi connectivity index (χ1) is 4.93. The quantitative estimate of drug-likeness (QED) is 0.555. The second-order valence-electron chi connectivity index (χ2n) is 1.84. The molecule has 0 saturated carbocycles. The van der Waals surface area contributed by atoms with Gasteiger partial charge in [-0.15, -0.1) is 0 Å². The summed E-state index contributed by atoms with van der Waals surface area (Å²) in [6, 6.07) is 10.5. The molecule has 0 fully saturated rings. The SMILES string of the molecule is CC.CCc1ccccc1. The van der Waals surface area contributed by atoms with Gasteiger partial charge in [0, 0.05) is 0 Å². The van der Waals surface area contributed by atoms with E-state index in [1.165, 1.54) is 5.56 Å². The second-order valence-corrected chi connectivity index (χ2v) is 1.84. The third kappa shape index (κ3) is 3.29. The lowest BCUT2D eigenvalue weighted by atomic mass is 10.2. The summed E-state index contributed by atoms with van der Waals surface area (Å²) in [4.78, 5) is 0.